The van der Waals surface area contributed by atoms with Gasteiger partial charge in [-0.2, -0.15) is 9.67 Å². The van der Waals surface area contributed by atoms with Gasteiger partial charge in [-0.05, 0) is 62.3 Å². The third kappa shape index (κ3) is 4.07. The second-order valence-electron chi connectivity index (χ2n) is 6.82. The van der Waals surface area contributed by atoms with E-state index >= 15 is 0 Å². The van der Waals surface area contributed by atoms with Crippen LogP contribution in [0, 0.1) is 0 Å². The van der Waals surface area contributed by atoms with Gasteiger partial charge in [-0.25, -0.2) is 4.98 Å². The van der Waals surface area contributed by atoms with Crippen LogP contribution >= 0.6 is 0 Å². The summed E-state index contributed by atoms with van der Waals surface area (Å²) in [5.41, 5.74) is 6.97. The van der Waals surface area contributed by atoms with E-state index in [1.807, 2.05) is 54.4 Å². The molecule has 1 fully saturated rings. The molecule has 8 heteroatoms. The quantitative estimate of drug-likeness (QED) is 0.675. The van der Waals surface area contributed by atoms with Crippen LogP contribution in [0.1, 0.15) is 12.8 Å². The molecule has 0 bridgehead atoms. The minimum atomic E-state index is 0.294. The maximum absolute atomic E-state index is 6.02. The zero-order chi connectivity index (χ0) is 19.3. The minimum Gasteiger partial charge on any atom is -0.492 e. The number of pyridine rings is 1. The van der Waals surface area contributed by atoms with Gasteiger partial charge in [-0.15, -0.1) is 5.10 Å². The molecule has 3 aromatic rings. The van der Waals surface area contributed by atoms with Crippen molar-refractivity contribution in [2.45, 2.75) is 12.8 Å². The van der Waals surface area contributed by atoms with Gasteiger partial charge in [-0.3, -0.25) is 4.90 Å². The molecule has 0 radical (unpaired) electrons. The Morgan fingerprint density at radius 1 is 1.11 bits per heavy atom. The Morgan fingerprint density at radius 3 is 2.61 bits per heavy atom. The van der Waals surface area contributed by atoms with E-state index in [0.29, 0.717) is 24.3 Å². The summed E-state index contributed by atoms with van der Waals surface area (Å²) in [4.78, 5) is 12.9. The summed E-state index contributed by atoms with van der Waals surface area (Å²) in [6.07, 6.45) is 4.30. The van der Waals surface area contributed by atoms with Gasteiger partial charge in [0.1, 0.15) is 12.4 Å². The molecule has 8 nitrogen and oxygen atoms in total. The van der Waals surface area contributed by atoms with E-state index in [0.717, 1.165) is 18.0 Å². The average Bonchev–Trinajstić information content (AvgIpc) is 3.38. The van der Waals surface area contributed by atoms with Crippen LogP contribution in [-0.4, -0.2) is 57.9 Å². The molecule has 3 heterocycles. The molecule has 0 atom stereocenters. The van der Waals surface area contributed by atoms with Gasteiger partial charge in [0.05, 0.1) is 0 Å². The van der Waals surface area contributed by atoms with Crippen molar-refractivity contribution in [3.63, 3.8) is 0 Å². The van der Waals surface area contributed by atoms with Crippen LogP contribution in [0.25, 0.3) is 5.82 Å². The predicted octanol–water partition coefficient (Wildman–Crippen LogP) is 2.49. The van der Waals surface area contributed by atoms with E-state index in [2.05, 4.69) is 20.0 Å². The van der Waals surface area contributed by atoms with Crippen molar-refractivity contribution in [3.05, 3.63) is 48.7 Å². The van der Waals surface area contributed by atoms with Gasteiger partial charge in [-0.1, -0.05) is 6.07 Å². The number of aromatic nitrogens is 4. The van der Waals surface area contributed by atoms with Crippen molar-refractivity contribution in [2.75, 3.05) is 43.9 Å². The standard InChI is InChI=1S/C20H25N7O/c1-25(20-23-19(21)27(24-20)18-6-2-3-11-22-18)16-7-9-17(10-8-16)28-15-14-26-12-4-5-13-26/h2-3,6-11H,4-5,12-15H2,1H3,(H2,21,23,24). The lowest BCUT2D eigenvalue weighted by Gasteiger charge is -2.17. The molecule has 28 heavy (non-hydrogen) atoms. The molecule has 0 spiro atoms. The Hall–Kier alpha value is -3.13. The number of benzene rings is 1. The molecule has 0 saturated carbocycles. The van der Waals surface area contributed by atoms with Gasteiger partial charge in [0.2, 0.25) is 5.95 Å². The normalized spacial score (nSPS) is 14.3. The summed E-state index contributed by atoms with van der Waals surface area (Å²) in [5.74, 6) is 2.30. The topological polar surface area (TPSA) is 85.3 Å². The molecule has 2 N–H and O–H groups in total. The van der Waals surface area contributed by atoms with Crippen molar-refractivity contribution in [2.24, 2.45) is 0 Å². The zero-order valence-corrected chi connectivity index (χ0v) is 16.0. The lowest BCUT2D eigenvalue weighted by molar-refractivity contribution is 0.238. The lowest BCUT2D eigenvalue weighted by atomic mass is 10.3. The predicted molar refractivity (Wildman–Crippen MR) is 109 cm³/mol. The maximum atomic E-state index is 6.02. The summed E-state index contributed by atoms with van der Waals surface area (Å²) in [7, 11) is 1.90. The van der Waals surface area contributed by atoms with Crippen LogP contribution < -0.4 is 15.4 Å². The fourth-order valence-corrected chi connectivity index (χ4v) is 3.28. The molecule has 146 valence electrons. The largest absolute Gasteiger partial charge is 0.492 e. The smallest absolute Gasteiger partial charge is 0.251 e. The first kappa shape index (κ1) is 18.2. The molecule has 0 aliphatic carbocycles. The molecule has 0 amide bonds. The number of nitrogen functional groups attached to an aromatic ring is 1. The van der Waals surface area contributed by atoms with Gasteiger partial charge < -0.3 is 15.4 Å². The number of hydrogen-bond donors (Lipinski definition) is 1. The summed E-state index contributed by atoms with van der Waals surface area (Å²) in [5, 5.41) is 4.48. The van der Waals surface area contributed by atoms with E-state index in [4.69, 9.17) is 10.5 Å². The first-order chi connectivity index (χ1) is 13.7. The molecule has 1 saturated heterocycles. The number of anilines is 3. The highest BCUT2D eigenvalue weighted by Crippen LogP contribution is 2.24. The molecule has 4 rings (SSSR count). The van der Waals surface area contributed by atoms with E-state index < -0.39 is 0 Å². The minimum absolute atomic E-state index is 0.294. The summed E-state index contributed by atoms with van der Waals surface area (Å²) in [6, 6.07) is 13.5. The number of nitrogens with zero attached hydrogens (tertiary/aromatic N) is 6. The number of likely N-dealkylation sites (tertiary alicyclic amines) is 1. The average molecular weight is 379 g/mol. The molecule has 1 aliphatic heterocycles. The second kappa shape index (κ2) is 8.26. The monoisotopic (exact) mass is 379 g/mol. The highest BCUT2D eigenvalue weighted by atomic mass is 16.5. The van der Waals surface area contributed by atoms with E-state index in [1.165, 1.54) is 30.6 Å². The summed E-state index contributed by atoms with van der Waals surface area (Å²) >= 11 is 0. The van der Waals surface area contributed by atoms with Crippen molar-refractivity contribution in [3.8, 4) is 11.6 Å². The van der Waals surface area contributed by atoms with Crippen LogP contribution in [0.4, 0.5) is 17.6 Å². The number of nitrogens with two attached hydrogens (primary N) is 1. The van der Waals surface area contributed by atoms with Crippen molar-refractivity contribution >= 4 is 17.6 Å². The molecule has 2 aromatic heterocycles. The number of rotatable bonds is 7. The molecule has 1 aromatic carbocycles. The third-order valence-electron chi connectivity index (χ3n) is 4.89. The van der Waals surface area contributed by atoms with Crippen molar-refractivity contribution < 1.29 is 4.74 Å². The molecule has 1 aliphatic rings. The summed E-state index contributed by atoms with van der Waals surface area (Å²) in [6.45, 7) is 4.07. The molecular weight excluding hydrogens is 354 g/mol. The van der Waals surface area contributed by atoms with E-state index in [9.17, 15) is 0 Å². The summed E-state index contributed by atoms with van der Waals surface area (Å²) < 4.78 is 7.40. The highest BCUT2D eigenvalue weighted by molar-refractivity contribution is 5.58. The number of ether oxygens (including phenoxy) is 1. The van der Waals surface area contributed by atoms with Gasteiger partial charge >= 0.3 is 0 Å². The molecular formula is C20H25N7O. The molecule has 0 unspecified atom stereocenters. The first-order valence-electron chi connectivity index (χ1n) is 9.53. The Kier molecular flexibility index (Phi) is 5.38. The van der Waals surface area contributed by atoms with Crippen LogP contribution in [0.5, 0.6) is 5.75 Å². The van der Waals surface area contributed by atoms with Gasteiger partial charge in [0, 0.05) is 25.5 Å². The fraction of sp³-hybridized carbons (Fsp3) is 0.350. The van der Waals surface area contributed by atoms with Crippen LogP contribution in [0.15, 0.2) is 48.7 Å². The maximum Gasteiger partial charge on any atom is 0.251 e. The van der Waals surface area contributed by atoms with Crippen molar-refractivity contribution in [1.82, 2.24) is 24.6 Å². The Morgan fingerprint density at radius 2 is 1.89 bits per heavy atom. The SMILES string of the molecule is CN(c1ccc(OCCN2CCCC2)cc1)c1nc(N)n(-c2ccccn2)n1. The number of hydrogen-bond acceptors (Lipinski definition) is 7. The van der Waals surface area contributed by atoms with Crippen LogP contribution in [0.2, 0.25) is 0 Å². The van der Waals surface area contributed by atoms with Crippen LogP contribution in [0.3, 0.4) is 0 Å². The van der Waals surface area contributed by atoms with Gasteiger partial charge in [0.15, 0.2) is 5.82 Å². The van der Waals surface area contributed by atoms with Crippen molar-refractivity contribution in [1.29, 1.82) is 0 Å². The fourth-order valence-electron chi connectivity index (χ4n) is 3.28. The lowest BCUT2D eigenvalue weighted by Crippen LogP contribution is -2.25. The van der Waals surface area contributed by atoms with E-state index in [-0.39, 0.29) is 0 Å². The van der Waals surface area contributed by atoms with Gasteiger partial charge in [0.25, 0.3) is 5.95 Å². The van der Waals surface area contributed by atoms with E-state index in [1.54, 1.807) is 6.20 Å². The Labute approximate surface area is 164 Å². The second-order valence-corrected chi connectivity index (χ2v) is 6.82. The Balaban J connectivity index is 1.40. The van der Waals surface area contributed by atoms with Crippen LogP contribution in [-0.2, 0) is 0 Å². The third-order valence-corrected chi connectivity index (χ3v) is 4.89. The first-order valence-corrected chi connectivity index (χ1v) is 9.53. The Bertz CT molecular complexity index is 889. The zero-order valence-electron chi connectivity index (χ0n) is 16.0. The highest BCUT2D eigenvalue weighted by Gasteiger charge is 2.15.